The molecule has 2 aromatic rings. The van der Waals surface area contributed by atoms with Crippen molar-refractivity contribution in [3.05, 3.63) is 50.7 Å². The summed E-state index contributed by atoms with van der Waals surface area (Å²) >= 11 is 1.43. The summed E-state index contributed by atoms with van der Waals surface area (Å²) in [5.41, 5.74) is -0.758. The largest absolute Gasteiger partial charge is 0.384 e. The third-order valence-corrected chi connectivity index (χ3v) is 4.79. The van der Waals surface area contributed by atoms with Gasteiger partial charge in [-0.15, -0.1) is 0 Å². The normalized spacial score (nSPS) is 14.2. The summed E-state index contributed by atoms with van der Waals surface area (Å²) in [6.07, 6.45) is 0. The first-order valence-electron chi connectivity index (χ1n) is 6.41. The summed E-state index contributed by atoms with van der Waals surface area (Å²) in [6, 6.07) is 5.01. The number of nitro groups is 1. The van der Waals surface area contributed by atoms with Crippen LogP contribution in [0.4, 0.5) is 11.4 Å². The maximum absolute atomic E-state index is 11.4. The van der Waals surface area contributed by atoms with Crippen molar-refractivity contribution in [3.8, 4) is 0 Å². The smallest absolute Gasteiger partial charge is 0.272 e. The summed E-state index contributed by atoms with van der Waals surface area (Å²) in [6.45, 7) is 1.62. The Morgan fingerprint density at radius 2 is 2.13 bits per heavy atom. The van der Waals surface area contributed by atoms with E-state index in [4.69, 9.17) is 5.14 Å². The number of nitrogens with zero attached hydrogens (tertiary/aromatic N) is 1. The van der Waals surface area contributed by atoms with Crippen molar-refractivity contribution in [3.63, 3.8) is 0 Å². The Hall–Kier alpha value is -2.01. The highest BCUT2D eigenvalue weighted by Gasteiger charge is 2.24. The molecule has 0 saturated heterocycles. The quantitative estimate of drug-likeness (QED) is 0.531. The minimum atomic E-state index is -4.08. The lowest BCUT2D eigenvalue weighted by atomic mass is 9.99. The highest BCUT2D eigenvalue weighted by Crippen LogP contribution is 2.26. The Bertz CT molecular complexity index is 816. The molecule has 8 nitrogen and oxygen atoms in total. The number of hydrogen-bond donors (Lipinski definition) is 3. The van der Waals surface area contributed by atoms with Gasteiger partial charge in [0.25, 0.3) is 5.69 Å². The molecule has 4 N–H and O–H groups in total. The van der Waals surface area contributed by atoms with Crippen molar-refractivity contribution in [2.45, 2.75) is 17.4 Å². The molecule has 1 aromatic carbocycles. The standard InChI is InChI=1S/C13H15N3O5S2/c1-13(17,9-2-3-22-7-9)8-15-10-4-11(16(18)19)6-12(5-10)23(14,20)21/h2-7,15,17H,8H2,1H3,(H2,14,20,21). The predicted molar refractivity (Wildman–Crippen MR) is 86.8 cm³/mol. The van der Waals surface area contributed by atoms with Crippen molar-refractivity contribution >= 4 is 32.7 Å². The van der Waals surface area contributed by atoms with Gasteiger partial charge in [-0.25, -0.2) is 13.6 Å². The molecule has 10 heteroatoms. The molecule has 0 saturated carbocycles. The number of benzene rings is 1. The van der Waals surface area contributed by atoms with E-state index < -0.39 is 26.2 Å². The highest BCUT2D eigenvalue weighted by molar-refractivity contribution is 7.89. The second-order valence-corrected chi connectivity index (χ2v) is 7.50. The van der Waals surface area contributed by atoms with Crippen molar-refractivity contribution in [1.82, 2.24) is 0 Å². The van der Waals surface area contributed by atoms with E-state index in [0.717, 1.165) is 6.07 Å². The third-order valence-electron chi connectivity index (χ3n) is 3.21. The van der Waals surface area contributed by atoms with E-state index in [1.165, 1.54) is 23.5 Å². The van der Waals surface area contributed by atoms with Gasteiger partial charge in [-0.3, -0.25) is 10.1 Å². The number of nitrogens with two attached hydrogens (primary N) is 1. The number of sulfonamides is 1. The van der Waals surface area contributed by atoms with Gasteiger partial charge in [-0.1, -0.05) is 0 Å². The average molecular weight is 357 g/mol. The average Bonchev–Trinajstić information content (AvgIpc) is 2.99. The van der Waals surface area contributed by atoms with E-state index >= 15 is 0 Å². The van der Waals surface area contributed by atoms with Crippen molar-refractivity contribution < 1.29 is 18.4 Å². The number of nitrogens with one attached hydrogen (secondary N) is 1. The van der Waals surface area contributed by atoms with Crippen molar-refractivity contribution in [1.29, 1.82) is 0 Å². The molecule has 0 spiro atoms. The van der Waals surface area contributed by atoms with E-state index in [0.29, 0.717) is 5.56 Å². The number of thiophene rings is 1. The molecule has 0 radical (unpaired) electrons. The number of hydrogen-bond acceptors (Lipinski definition) is 7. The number of primary sulfonamides is 1. The van der Waals surface area contributed by atoms with Crippen LogP contribution in [0.2, 0.25) is 0 Å². The molecule has 1 unspecified atom stereocenters. The SMILES string of the molecule is CC(O)(CNc1cc([N+](=O)[O-])cc(S(N)(=O)=O)c1)c1ccsc1. The summed E-state index contributed by atoms with van der Waals surface area (Å²) in [5.74, 6) is 0. The maximum Gasteiger partial charge on any atom is 0.272 e. The second kappa shape index (κ2) is 6.24. The van der Waals surface area contributed by atoms with Crippen LogP contribution in [-0.4, -0.2) is 25.0 Å². The minimum absolute atomic E-state index is 0.0367. The van der Waals surface area contributed by atoms with Crippen LogP contribution in [-0.2, 0) is 15.6 Å². The van der Waals surface area contributed by atoms with Crippen LogP contribution in [0, 0.1) is 10.1 Å². The zero-order chi connectivity index (χ0) is 17.3. The number of rotatable bonds is 6. The van der Waals surface area contributed by atoms with Crippen LogP contribution in [0.15, 0.2) is 39.9 Å². The molecule has 124 valence electrons. The molecule has 2 rings (SSSR count). The van der Waals surface area contributed by atoms with Gasteiger partial charge in [0.05, 0.1) is 9.82 Å². The van der Waals surface area contributed by atoms with Gasteiger partial charge in [-0.2, -0.15) is 11.3 Å². The Morgan fingerprint density at radius 1 is 1.43 bits per heavy atom. The fourth-order valence-corrected chi connectivity index (χ4v) is 3.26. The fourth-order valence-electron chi connectivity index (χ4n) is 1.90. The van der Waals surface area contributed by atoms with Gasteiger partial charge >= 0.3 is 0 Å². The fraction of sp³-hybridized carbons (Fsp3) is 0.231. The van der Waals surface area contributed by atoms with E-state index in [2.05, 4.69) is 5.32 Å². The monoisotopic (exact) mass is 357 g/mol. The number of anilines is 1. The predicted octanol–water partition coefficient (Wildman–Crippen LogP) is 1.62. The highest BCUT2D eigenvalue weighted by atomic mass is 32.2. The van der Waals surface area contributed by atoms with Crippen LogP contribution in [0.25, 0.3) is 0 Å². The molecule has 1 atom stereocenters. The Kier molecular flexibility index (Phi) is 4.71. The molecule has 0 aliphatic carbocycles. The molecule has 1 heterocycles. The van der Waals surface area contributed by atoms with Gasteiger partial charge in [-0.05, 0) is 35.4 Å². The zero-order valence-corrected chi connectivity index (χ0v) is 13.7. The minimum Gasteiger partial charge on any atom is -0.384 e. The van der Waals surface area contributed by atoms with Gasteiger partial charge in [0.1, 0.15) is 5.60 Å². The van der Waals surface area contributed by atoms with E-state index in [-0.39, 0.29) is 17.1 Å². The van der Waals surface area contributed by atoms with Crippen LogP contribution in [0.1, 0.15) is 12.5 Å². The second-order valence-electron chi connectivity index (χ2n) is 5.16. The lowest BCUT2D eigenvalue weighted by molar-refractivity contribution is -0.385. The topological polar surface area (TPSA) is 136 Å². The number of nitro benzene ring substituents is 1. The molecule has 0 aliphatic rings. The van der Waals surface area contributed by atoms with Crippen molar-refractivity contribution in [2.24, 2.45) is 5.14 Å². The molecule has 1 aromatic heterocycles. The lowest BCUT2D eigenvalue weighted by Crippen LogP contribution is -2.30. The molecule has 23 heavy (non-hydrogen) atoms. The molecule has 0 aliphatic heterocycles. The van der Waals surface area contributed by atoms with Crippen LogP contribution in [0.3, 0.4) is 0 Å². The number of aliphatic hydroxyl groups is 1. The van der Waals surface area contributed by atoms with Gasteiger partial charge in [0, 0.05) is 24.4 Å². The maximum atomic E-state index is 11.4. The molecular formula is C13H15N3O5S2. The summed E-state index contributed by atoms with van der Waals surface area (Å²) < 4.78 is 22.9. The number of non-ortho nitro benzene ring substituents is 1. The first-order chi connectivity index (χ1) is 10.6. The van der Waals surface area contributed by atoms with E-state index in [9.17, 15) is 23.6 Å². The third kappa shape index (κ3) is 4.26. The lowest BCUT2D eigenvalue weighted by Gasteiger charge is -2.23. The van der Waals surface area contributed by atoms with Gasteiger partial charge in [0.2, 0.25) is 10.0 Å². The molecule has 0 fully saturated rings. The summed E-state index contributed by atoms with van der Waals surface area (Å²) in [4.78, 5) is 9.83. The summed E-state index contributed by atoms with van der Waals surface area (Å²) in [5, 5.41) is 32.8. The Balaban J connectivity index is 2.29. The molecule has 0 amide bonds. The van der Waals surface area contributed by atoms with Gasteiger partial charge in [0.15, 0.2) is 0 Å². The molecule has 0 bridgehead atoms. The van der Waals surface area contributed by atoms with Crippen molar-refractivity contribution in [2.75, 3.05) is 11.9 Å². The summed E-state index contributed by atoms with van der Waals surface area (Å²) in [7, 11) is -4.08. The Morgan fingerprint density at radius 3 is 2.65 bits per heavy atom. The first kappa shape index (κ1) is 17.3. The van der Waals surface area contributed by atoms with Crippen LogP contribution >= 0.6 is 11.3 Å². The first-order valence-corrected chi connectivity index (χ1v) is 8.90. The van der Waals surface area contributed by atoms with E-state index in [1.54, 1.807) is 18.4 Å². The zero-order valence-electron chi connectivity index (χ0n) is 12.1. The van der Waals surface area contributed by atoms with Gasteiger partial charge < -0.3 is 10.4 Å². The van der Waals surface area contributed by atoms with Crippen LogP contribution < -0.4 is 10.5 Å². The molecular weight excluding hydrogens is 342 g/mol. The Labute approximate surface area is 136 Å². The van der Waals surface area contributed by atoms with Crippen LogP contribution in [0.5, 0.6) is 0 Å². The van der Waals surface area contributed by atoms with E-state index in [1.807, 2.05) is 5.38 Å².